The summed E-state index contributed by atoms with van der Waals surface area (Å²) >= 11 is 0. The molecule has 1 aliphatic carbocycles. The average Bonchev–Trinajstić information content (AvgIpc) is 3.21. The van der Waals surface area contributed by atoms with E-state index in [1.807, 2.05) is 12.1 Å². The van der Waals surface area contributed by atoms with E-state index >= 15 is 0 Å². The summed E-state index contributed by atoms with van der Waals surface area (Å²) in [6.45, 7) is 2.16. The molecule has 1 fully saturated rings. The lowest BCUT2D eigenvalue weighted by molar-refractivity contribution is -0.149. The lowest BCUT2D eigenvalue weighted by Gasteiger charge is -2.16. The van der Waals surface area contributed by atoms with Crippen molar-refractivity contribution in [2.45, 2.75) is 38.7 Å². The Labute approximate surface area is 108 Å². The second-order valence-corrected chi connectivity index (χ2v) is 4.79. The fourth-order valence-electron chi connectivity index (χ4n) is 2.02. The fourth-order valence-corrected chi connectivity index (χ4v) is 2.02. The van der Waals surface area contributed by atoms with Crippen molar-refractivity contribution in [3.8, 4) is 5.75 Å². The highest BCUT2D eigenvalue weighted by atomic mass is 16.6. The number of hydrogen-bond acceptors (Lipinski definition) is 3. The second kappa shape index (κ2) is 5.89. The number of aryl methyl sites for hydroxylation is 1. The molecular weight excluding hydrogens is 228 g/mol. The Bertz CT molecular complexity index is 393. The van der Waals surface area contributed by atoms with Gasteiger partial charge in [-0.1, -0.05) is 25.5 Å². The number of ether oxygens (including phenoxy) is 2. The van der Waals surface area contributed by atoms with E-state index in [0.29, 0.717) is 5.92 Å². The van der Waals surface area contributed by atoms with Crippen LogP contribution in [-0.2, 0) is 16.0 Å². The molecule has 0 spiro atoms. The van der Waals surface area contributed by atoms with E-state index < -0.39 is 6.10 Å². The zero-order valence-corrected chi connectivity index (χ0v) is 11.0. The lowest BCUT2D eigenvalue weighted by atomic mass is 10.1. The van der Waals surface area contributed by atoms with Gasteiger partial charge in [-0.05, 0) is 37.0 Å². The fraction of sp³-hybridized carbons (Fsp3) is 0.533. The van der Waals surface area contributed by atoms with E-state index in [9.17, 15) is 4.79 Å². The predicted octanol–water partition coefficient (Wildman–Crippen LogP) is 2.97. The molecule has 2 rings (SSSR count). The Hall–Kier alpha value is -1.51. The average molecular weight is 248 g/mol. The van der Waals surface area contributed by atoms with Gasteiger partial charge in [-0.15, -0.1) is 0 Å². The minimum Gasteiger partial charge on any atom is -0.478 e. The molecule has 1 aromatic carbocycles. The normalized spacial score (nSPS) is 16.1. The molecule has 0 bridgehead atoms. The van der Waals surface area contributed by atoms with Crippen LogP contribution in [0.15, 0.2) is 24.3 Å². The SMILES string of the molecule is CCCc1ccc(OC(C(=O)OC)C2CC2)cc1. The third-order valence-corrected chi connectivity index (χ3v) is 3.21. The highest BCUT2D eigenvalue weighted by Gasteiger charge is 2.38. The number of carbonyl (C=O) groups excluding carboxylic acids is 1. The maximum atomic E-state index is 11.6. The Morgan fingerprint density at radius 1 is 1.33 bits per heavy atom. The van der Waals surface area contributed by atoms with Crippen molar-refractivity contribution in [3.05, 3.63) is 29.8 Å². The predicted molar refractivity (Wildman–Crippen MR) is 69.6 cm³/mol. The summed E-state index contributed by atoms with van der Waals surface area (Å²) in [5, 5.41) is 0. The van der Waals surface area contributed by atoms with Crippen molar-refractivity contribution < 1.29 is 14.3 Å². The molecule has 0 amide bonds. The molecule has 0 N–H and O–H groups in total. The third kappa shape index (κ3) is 3.25. The molecule has 0 heterocycles. The molecule has 0 aromatic heterocycles. The summed E-state index contributed by atoms with van der Waals surface area (Å²) in [5.41, 5.74) is 1.30. The van der Waals surface area contributed by atoms with Crippen LogP contribution in [0.3, 0.4) is 0 Å². The maximum Gasteiger partial charge on any atom is 0.347 e. The van der Waals surface area contributed by atoms with E-state index in [0.717, 1.165) is 31.4 Å². The van der Waals surface area contributed by atoms with Gasteiger partial charge in [0.1, 0.15) is 5.75 Å². The second-order valence-electron chi connectivity index (χ2n) is 4.79. The molecule has 98 valence electrons. The Morgan fingerprint density at radius 2 is 2.00 bits per heavy atom. The van der Waals surface area contributed by atoms with Crippen LogP contribution in [0, 0.1) is 5.92 Å². The topological polar surface area (TPSA) is 35.5 Å². The number of rotatable bonds is 6. The molecular formula is C15H20O3. The summed E-state index contributed by atoms with van der Waals surface area (Å²) in [6.07, 6.45) is 3.87. The quantitative estimate of drug-likeness (QED) is 0.726. The van der Waals surface area contributed by atoms with Crippen molar-refractivity contribution in [3.63, 3.8) is 0 Å². The third-order valence-electron chi connectivity index (χ3n) is 3.21. The molecule has 1 aliphatic rings. The first kappa shape index (κ1) is 12.9. The molecule has 0 saturated heterocycles. The Balaban J connectivity index is 2.00. The molecule has 1 saturated carbocycles. The van der Waals surface area contributed by atoms with E-state index in [-0.39, 0.29) is 5.97 Å². The summed E-state index contributed by atoms with van der Waals surface area (Å²) in [6, 6.07) is 7.98. The van der Waals surface area contributed by atoms with E-state index in [1.165, 1.54) is 12.7 Å². The zero-order valence-electron chi connectivity index (χ0n) is 11.0. The van der Waals surface area contributed by atoms with Crippen molar-refractivity contribution >= 4 is 5.97 Å². The van der Waals surface area contributed by atoms with Crippen LogP contribution >= 0.6 is 0 Å². The molecule has 1 unspecified atom stereocenters. The molecule has 1 atom stereocenters. The number of methoxy groups -OCH3 is 1. The van der Waals surface area contributed by atoms with Crippen LogP contribution in [0.25, 0.3) is 0 Å². The molecule has 3 heteroatoms. The van der Waals surface area contributed by atoms with Crippen LogP contribution in [0.4, 0.5) is 0 Å². The van der Waals surface area contributed by atoms with Crippen LogP contribution < -0.4 is 4.74 Å². The van der Waals surface area contributed by atoms with Gasteiger partial charge in [0.2, 0.25) is 0 Å². The minimum atomic E-state index is -0.438. The highest BCUT2D eigenvalue weighted by Crippen LogP contribution is 2.35. The van der Waals surface area contributed by atoms with Gasteiger partial charge < -0.3 is 9.47 Å². The minimum absolute atomic E-state index is 0.268. The summed E-state index contributed by atoms with van der Waals surface area (Å²) in [7, 11) is 1.41. The molecule has 1 aromatic rings. The van der Waals surface area contributed by atoms with Gasteiger partial charge in [-0.3, -0.25) is 0 Å². The standard InChI is InChI=1S/C15H20O3/c1-3-4-11-5-9-13(10-6-11)18-14(12-7-8-12)15(16)17-2/h5-6,9-10,12,14H,3-4,7-8H2,1-2H3. The van der Waals surface area contributed by atoms with Crippen molar-refractivity contribution in [2.75, 3.05) is 7.11 Å². The Kier molecular flexibility index (Phi) is 4.24. The van der Waals surface area contributed by atoms with E-state index in [2.05, 4.69) is 19.1 Å². The number of benzene rings is 1. The molecule has 0 aliphatic heterocycles. The van der Waals surface area contributed by atoms with Crippen molar-refractivity contribution in [1.82, 2.24) is 0 Å². The van der Waals surface area contributed by atoms with Crippen LogP contribution in [-0.4, -0.2) is 19.2 Å². The van der Waals surface area contributed by atoms with Gasteiger partial charge in [-0.2, -0.15) is 0 Å². The van der Waals surface area contributed by atoms with Gasteiger partial charge in [-0.25, -0.2) is 4.79 Å². The van der Waals surface area contributed by atoms with Gasteiger partial charge in [0.15, 0.2) is 6.10 Å². The van der Waals surface area contributed by atoms with E-state index in [1.54, 1.807) is 0 Å². The smallest absolute Gasteiger partial charge is 0.347 e. The Morgan fingerprint density at radius 3 is 2.50 bits per heavy atom. The van der Waals surface area contributed by atoms with Gasteiger partial charge in [0.25, 0.3) is 0 Å². The van der Waals surface area contributed by atoms with Gasteiger partial charge in [0, 0.05) is 5.92 Å². The lowest BCUT2D eigenvalue weighted by Crippen LogP contribution is -2.30. The van der Waals surface area contributed by atoms with E-state index in [4.69, 9.17) is 9.47 Å². The van der Waals surface area contributed by atoms with Crippen molar-refractivity contribution in [1.29, 1.82) is 0 Å². The van der Waals surface area contributed by atoms with Crippen molar-refractivity contribution in [2.24, 2.45) is 5.92 Å². The largest absolute Gasteiger partial charge is 0.478 e. The van der Waals surface area contributed by atoms with Crippen LogP contribution in [0.1, 0.15) is 31.7 Å². The van der Waals surface area contributed by atoms with Gasteiger partial charge >= 0.3 is 5.97 Å². The highest BCUT2D eigenvalue weighted by molar-refractivity contribution is 5.75. The number of esters is 1. The number of hydrogen-bond donors (Lipinski definition) is 0. The zero-order chi connectivity index (χ0) is 13.0. The summed E-state index contributed by atoms with van der Waals surface area (Å²) in [4.78, 5) is 11.6. The molecule has 0 radical (unpaired) electrons. The summed E-state index contributed by atoms with van der Waals surface area (Å²) in [5.74, 6) is 0.806. The first-order chi connectivity index (χ1) is 8.74. The van der Waals surface area contributed by atoms with Crippen LogP contribution in [0.2, 0.25) is 0 Å². The number of carbonyl (C=O) groups is 1. The van der Waals surface area contributed by atoms with Gasteiger partial charge in [0.05, 0.1) is 7.11 Å². The maximum absolute atomic E-state index is 11.6. The summed E-state index contributed by atoms with van der Waals surface area (Å²) < 4.78 is 10.5. The first-order valence-electron chi connectivity index (χ1n) is 6.58. The first-order valence-corrected chi connectivity index (χ1v) is 6.58. The molecule has 18 heavy (non-hydrogen) atoms. The molecule has 3 nitrogen and oxygen atoms in total. The van der Waals surface area contributed by atoms with Crippen LogP contribution in [0.5, 0.6) is 5.75 Å². The monoisotopic (exact) mass is 248 g/mol.